The Kier molecular flexibility index (Phi) is 4.49. The van der Waals surface area contributed by atoms with Gasteiger partial charge in [0.2, 0.25) is 6.79 Å². The van der Waals surface area contributed by atoms with Crippen molar-refractivity contribution in [3.8, 4) is 11.5 Å². The van der Waals surface area contributed by atoms with Gasteiger partial charge in [-0.25, -0.2) is 0 Å². The second kappa shape index (κ2) is 7.25. The number of rotatable bonds is 5. The van der Waals surface area contributed by atoms with E-state index in [4.69, 9.17) is 13.9 Å². The summed E-state index contributed by atoms with van der Waals surface area (Å²) in [5.41, 5.74) is 1.64. The van der Waals surface area contributed by atoms with Crippen LogP contribution in [-0.4, -0.2) is 18.6 Å². The van der Waals surface area contributed by atoms with E-state index in [-0.39, 0.29) is 18.5 Å². The third kappa shape index (κ3) is 3.62. The zero-order valence-corrected chi connectivity index (χ0v) is 14.2. The van der Waals surface area contributed by atoms with Gasteiger partial charge in [-0.1, -0.05) is 18.2 Å². The molecule has 1 aliphatic rings. The quantitative estimate of drug-likeness (QED) is 0.726. The zero-order valence-electron chi connectivity index (χ0n) is 14.2. The van der Waals surface area contributed by atoms with Crippen LogP contribution in [0.15, 0.2) is 65.3 Å². The maximum absolute atomic E-state index is 12.6. The van der Waals surface area contributed by atoms with Gasteiger partial charge in [0.25, 0.3) is 11.8 Å². The standard InChI is InChI=1S/C20H16N2O5/c23-19(21-11-13-7-8-16-18(10-13)27-12-26-16)14-4-1-2-5-15(14)22-20(24)17-6-3-9-25-17/h1-10H,11-12H2,(H,21,23)(H,22,24). The van der Waals surface area contributed by atoms with Crippen LogP contribution in [0.3, 0.4) is 0 Å². The molecule has 3 aromatic rings. The molecule has 2 aromatic carbocycles. The predicted octanol–water partition coefficient (Wildman–Crippen LogP) is 3.19. The number of ether oxygens (including phenoxy) is 2. The Hall–Kier alpha value is -3.74. The Morgan fingerprint density at radius 2 is 1.78 bits per heavy atom. The molecule has 0 bridgehead atoms. The van der Waals surface area contributed by atoms with Gasteiger partial charge in [-0.15, -0.1) is 0 Å². The molecule has 0 aliphatic carbocycles. The van der Waals surface area contributed by atoms with Crippen molar-refractivity contribution < 1.29 is 23.5 Å². The van der Waals surface area contributed by atoms with Crippen LogP contribution in [0.4, 0.5) is 5.69 Å². The molecule has 7 nitrogen and oxygen atoms in total. The van der Waals surface area contributed by atoms with Gasteiger partial charge in [0.1, 0.15) is 0 Å². The number of amides is 2. The number of anilines is 1. The minimum absolute atomic E-state index is 0.172. The summed E-state index contributed by atoms with van der Waals surface area (Å²) in [5, 5.41) is 5.54. The highest BCUT2D eigenvalue weighted by atomic mass is 16.7. The Morgan fingerprint density at radius 1 is 0.926 bits per heavy atom. The highest BCUT2D eigenvalue weighted by molar-refractivity contribution is 6.07. The number of fused-ring (bicyclic) bond motifs is 1. The van der Waals surface area contributed by atoms with Crippen LogP contribution in [0.25, 0.3) is 0 Å². The SMILES string of the molecule is O=C(Nc1ccccc1C(=O)NCc1ccc2c(c1)OCO2)c1ccco1. The van der Waals surface area contributed by atoms with Gasteiger partial charge < -0.3 is 24.5 Å². The molecule has 27 heavy (non-hydrogen) atoms. The lowest BCUT2D eigenvalue weighted by Gasteiger charge is -2.11. The Morgan fingerprint density at radius 3 is 2.63 bits per heavy atom. The van der Waals surface area contributed by atoms with E-state index in [1.807, 2.05) is 12.1 Å². The second-order valence-electron chi connectivity index (χ2n) is 5.85. The number of benzene rings is 2. The Labute approximate surface area is 154 Å². The molecule has 0 unspecified atom stereocenters. The third-order valence-electron chi connectivity index (χ3n) is 4.05. The summed E-state index contributed by atoms with van der Waals surface area (Å²) in [6.07, 6.45) is 1.42. The number of carbonyl (C=O) groups excluding carboxylic acids is 2. The fourth-order valence-corrected chi connectivity index (χ4v) is 2.71. The summed E-state index contributed by atoms with van der Waals surface area (Å²) < 4.78 is 15.7. The van der Waals surface area contributed by atoms with Gasteiger partial charge in [0, 0.05) is 6.54 Å². The summed E-state index contributed by atoms with van der Waals surface area (Å²) in [5.74, 6) is 0.800. The van der Waals surface area contributed by atoms with E-state index in [2.05, 4.69) is 10.6 Å². The molecular weight excluding hydrogens is 348 g/mol. The average molecular weight is 364 g/mol. The van der Waals surface area contributed by atoms with Crippen molar-refractivity contribution in [3.63, 3.8) is 0 Å². The van der Waals surface area contributed by atoms with Crippen LogP contribution in [-0.2, 0) is 6.54 Å². The van der Waals surface area contributed by atoms with E-state index in [0.29, 0.717) is 29.3 Å². The topological polar surface area (TPSA) is 89.8 Å². The number of furan rings is 1. The molecule has 1 aliphatic heterocycles. The third-order valence-corrected chi connectivity index (χ3v) is 4.05. The largest absolute Gasteiger partial charge is 0.459 e. The molecule has 2 heterocycles. The highest BCUT2D eigenvalue weighted by Gasteiger charge is 2.16. The number of hydrogen-bond donors (Lipinski definition) is 2. The maximum Gasteiger partial charge on any atom is 0.291 e. The minimum atomic E-state index is -0.420. The van der Waals surface area contributed by atoms with Crippen molar-refractivity contribution in [2.45, 2.75) is 6.54 Å². The molecule has 136 valence electrons. The lowest BCUT2D eigenvalue weighted by molar-refractivity contribution is 0.0951. The smallest absolute Gasteiger partial charge is 0.291 e. The van der Waals surface area contributed by atoms with Crippen molar-refractivity contribution in [1.29, 1.82) is 0 Å². The summed E-state index contributed by atoms with van der Waals surface area (Å²) in [7, 11) is 0. The first-order valence-electron chi connectivity index (χ1n) is 8.31. The lowest BCUT2D eigenvalue weighted by Crippen LogP contribution is -2.24. The van der Waals surface area contributed by atoms with Crippen LogP contribution >= 0.6 is 0 Å². The van der Waals surface area contributed by atoms with E-state index in [1.54, 1.807) is 42.5 Å². The number of carbonyl (C=O) groups is 2. The predicted molar refractivity (Wildman–Crippen MR) is 96.8 cm³/mol. The van der Waals surface area contributed by atoms with Gasteiger partial charge in [0.05, 0.1) is 17.5 Å². The molecule has 0 fully saturated rings. The Balaban J connectivity index is 1.45. The number of para-hydroxylation sites is 1. The van der Waals surface area contributed by atoms with Crippen molar-refractivity contribution in [1.82, 2.24) is 5.32 Å². The van der Waals surface area contributed by atoms with E-state index in [9.17, 15) is 9.59 Å². The van der Waals surface area contributed by atoms with E-state index < -0.39 is 5.91 Å². The first kappa shape index (κ1) is 16.7. The summed E-state index contributed by atoms with van der Waals surface area (Å²) >= 11 is 0. The van der Waals surface area contributed by atoms with Crippen molar-refractivity contribution in [2.24, 2.45) is 0 Å². The summed E-state index contributed by atoms with van der Waals surface area (Å²) in [6.45, 7) is 0.518. The van der Waals surface area contributed by atoms with Crippen LogP contribution in [0.2, 0.25) is 0 Å². The molecule has 2 amide bonds. The van der Waals surface area contributed by atoms with Crippen LogP contribution in [0, 0.1) is 0 Å². The van der Waals surface area contributed by atoms with Gasteiger partial charge >= 0.3 is 0 Å². The maximum atomic E-state index is 12.6. The van der Waals surface area contributed by atoms with Gasteiger partial charge in [0.15, 0.2) is 17.3 Å². The number of nitrogens with one attached hydrogen (secondary N) is 2. The lowest BCUT2D eigenvalue weighted by atomic mass is 10.1. The molecule has 1 aromatic heterocycles. The van der Waals surface area contributed by atoms with Crippen LogP contribution in [0.1, 0.15) is 26.5 Å². The van der Waals surface area contributed by atoms with E-state index in [0.717, 1.165) is 5.56 Å². The fourth-order valence-electron chi connectivity index (χ4n) is 2.71. The van der Waals surface area contributed by atoms with Crippen molar-refractivity contribution in [2.75, 3.05) is 12.1 Å². The Bertz CT molecular complexity index is 982. The average Bonchev–Trinajstić information content (AvgIpc) is 3.38. The first-order valence-corrected chi connectivity index (χ1v) is 8.31. The monoisotopic (exact) mass is 364 g/mol. The molecular formula is C20H16N2O5. The summed E-state index contributed by atoms with van der Waals surface area (Å²) in [6, 6.07) is 15.5. The molecule has 7 heteroatoms. The van der Waals surface area contributed by atoms with Crippen molar-refractivity contribution in [3.05, 3.63) is 77.7 Å². The molecule has 0 saturated heterocycles. The minimum Gasteiger partial charge on any atom is -0.459 e. The molecule has 2 N–H and O–H groups in total. The van der Waals surface area contributed by atoms with Gasteiger partial charge in [-0.05, 0) is 42.0 Å². The number of hydrogen-bond acceptors (Lipinski definition) is 5. The van der Waals surface area contributed by atoms with E-state index in [1.165, 1.54) is 6.26 Å². The first-order chi connectivity index (χ1) is 13.2. The zero-order chi connectivity index (χ0) is 18.6. The van der Waals surface area contributed by atoms with Crippen LogP contribution in [0.5, 0.6) is 11.5 Å². The normalized spacial score (nSPS) is 11.9. The molecule has 0 spiro atoms. The van der Waals surface area contributed by atoms with Gasteiger partial charge in [-0.2, -0.15) is 0 Å². The fraction of sp³-hybridized carbons (Fsp3) is 0.100. The summed E-state index contributed by atoms with van der Waals surface area (Å²) in [4.78, 5) is 24.8. The molecule has 0 saturated carbocycles. The second-order valence-corrected chi connectivity index (χ2v) is 5.85. The molecule has 0 radical (unpaired) electrons. The van der Waals surface area contributed by atoms with Crippen molar-refractivity contribution >= 4 is 17.5 Å². The highest BCUT2D eigenvalue weighted by Crippen LogP contribution is 2.32. The van der Waals surface area contributed by atoms with E-state index >= 15 is 0 Å². The molecule has 0 atom stereocenters. The van der Waals surface area contributed by atoms with Crippen LogP contribution < -0.4 is 20.1 Å². The molecule has 4 rings (SSSR count). The van der Waals surface area contributed by atoms with Gasteiger partial charge in [-0.3, -0.25) is 9.59 Å².